The lowest BCUT2D eigenvalue weighted by Gasteiger charge is -2.15. The third-order valence-corrected chi connectivity index (χ3v) is 6.34. The standard InChI is InChI=1S/C26H27FN6O3/c1-16(27)36-23-6-4-3-5-19(23)15-33-22-10-18(7-8-21(22)25(35)32(33)2)20-13-30-26(31-14-20)29-12-17-9-24(34)28-11-17/h3-8,10,13-14,16-17H,9,11-12,15H2,1-2H3,(H,28,34)(H,29,30,31). The van der Waals surface area contributed by atoms with Gasteiger partial charge in [0.1, 0.15) is 5.75 Å². The molecule has 0 spiro atoms. The summed E-state index contributed by atoms with van der Waals surface area (Å²) in [6.45, 7) is 2.94. The van der Waals surface area contributed by atoms with Gasteiger partial charge in [0.15, 0.2) is 0 Å². The Hall–Kier alpha value is -4.21. The van der Waals surface area contributed by atoms with Crippen molar-refractivity contribution in [1.82, 2.24) is 24.6 Å². The zero-order valence-corrected chi connectivity index (χ0v) is 20.1. The van der Waals surface area contributed by atoms with Crippen LogP contribution in [0.5, 0.6) is 5.75 Å². The van der Waals surface area contributed by atoms with Crippen molar-refractivity contribution in [3.05, 3.63) is 70.8 Å². The minimum absolute atomic E-state index is 0.0702. The summed E-state index contributed by atoms with van der Waals surface area (Å²) < 4.78 is 22.3. The van der Waals surface area contributed by atoms with Gasteiger partial charge in [0.2, 0.25) is 18.2 Å². The Kier molecular flexibility index (Phi) is 6.41. The molecule has 0 bridgehead atoms. The van der Waals surface area contributed by atoms with Crippen molar-refractivity contribution in [1.29, 1.82) is 0 Å². The third-order valence-electron chi connectivity index (χ3n) is 6.34. The van der Waals surface area contributed by atoms with Crippen LogP contribution in [0, 0.1) is 5.92 Å². The Labute approximate surface area is 206 Å². The fourth-order valence-corrected chi connectivity index (χ4v) is 4.44. The molecule has 1 aliphatic heterocycles. The number of aromatic nitrogens is 4. The summed E-state index contributed by atoms with van der Waals surface area (Å²) in [5.41, 5.74) is 3.05. The normalized spacial score (nSPS) is 16.2. The molecule has 1 saturated heterocycles. The van der Waals surface area contributed by atoms with Crippen LogP contribution >= 0.6 is 0 Å². The van der Waals surface area contributed by atoms with Crippen LogP contribution in [0.4, 0.5) is 10.3 Å². The quantitative estimate of drug-likeness (QED) is 0.394. The van der Waals surface area contributed by atoms with E-state index in [1.165, 1.54) is 6.92 Å². The van der Waals surface area contributed by atoms with Crippen LogP contribution in [0.3, 0.4) is 0 Å². The SMILES string of the molecule is CC(F)Oc1ccccc1Cn1c2cc(-c3cnc(NCC4CNC(=O)C4)nc3)ccc2c(=O)n1C. The highest BCUT2D eigenvalue weighted by Crippen LogP contribution is 2.26. The van der Waals surface area contributed by atoms with E-state index in [0.29, 0.717) is 43.1 Å². The van der Waals surface area contributed by atoms with E-state index in [9.17, 15) is 14.0 Å². The van der Waals surface area contributed by atoms with Gasteiger partial charge >= 0.3 is 0 Å². The van der Waals surface area contributed by atoms with Gasteiger partial charge in [-0.25, -0.2) is 14.4 Å². The predicted octanol–water partition coefficient (Wildman–Crippen LogP) is 3.09. The molecule has 9 nitrogen and oxygen atoms in total. The van der Waals surface area contributed by atoms with E-state index < -0.39 is 6.36 Å². The maximum atomic E-state index is 13.5. The monoisotopic (exact) mass is 490 g/mol. The highest BCUT2D eigenvalue weighted by molar-refractivity contribution is 5.84. The average molecular weight is 491 g/mol. The van der Waals surface area contributed by atoms with Crippen molar-refractivity contribution < 1.29 is 13.9 Å². The number of nitrogens with one attached hydrogen (secondary N) is 2. The Morgan fingerprint density at radius 1 is 1.17 bits per heavy atom. The van der Waals surface area contributed by atoms with E-state index in [1.807, 2.05) is 28.9 Å². The lowest BCUT2D eigenvalue weighted by molar-refractivity contribution is -0.119. The van der Waals surface area contributed by atoms with E-state index in [1.54, 1.807) is 42.3 Å². The number of halogens is 1. The van der Waals surface area contributed by atoms with Gasteiger partial charge in [-0.15, -0.1) is 0 Å². The van der Waals surface area contributed by atoms with Crippen molar-refractivity contribution in [2.75, 3.05) is 18.4 Å². The van der Waals surface area contributed by atoms with Gasteiger partial charge in [-0.1, -0.05) is 24.3 Å². The number of carbonyl (C=O) groups is 1. The number of nitrogens with zero attached hydrogens (tertiary/aromatic N) is 4. The minimum atomic E-state index is -1.45. The molecule has 36 heavy (non-hydrogen) atoms. The van der Waals surface area contributed by atoms with E-state index >= 15 is 0 Å². The lowest BCUT2D eigenvalue weighted by atomic mass is 10.1. The van der Waals surface area contributed by atoms with E-state index in [2.05, 4.69) is 20.6 Å². The molecule has 1 fully saturated rings. The summed E-state index contributed by atoms with van der Waals surface area (Å²) in [5, 5.41) is 6.58. The molecule has 2 aromatic carbocycles. The average Bonchev–Trinajstić information content (AvgIpc) is 3.40. The second-order valence-corrected chi connectivity index (χ2v) is 8.94. The van der Waals surface area contributed by atoms with E-state index in [4.69, 9.17) is 4.74 Å². The van der Waals surface area contributed by atoms with Crippen LogP contribution in [0.1, 0.15) is 18.9 Å². The molecule has 0 radical (unpaired) electrons. The number of benzene rings is 2. The summed E-state index contributed by atoms with van der Waals surface area (Å²) in [5.74, 6) is 1.23. The van der Waals surface area contributed by atoms with Crippen molar-refractivity contribution in [3.8, 4) is 16.9 Å². The zero-order valence-electron chi connectivity index (χ0n) is 20.1. The first-order valence-electron chi connectivity index (χ1n) is 11.8. The highest BCUT2D eigenvalue weighted by atomic mass is 19.1. The number of hydrogen-bond donors (Lipinski definition) is 2. The van der Waals surface area contributed by atoms with Crippen molar-refractivity contribution in [2.24, 2.45) is 13.0 Å². The lowest BCUT2D eigenvalue weighted by Crippen LogP contribution is -2.20. The predicted molar refractivity (Wildman–Crippen MR) is 135 cm³/mol. The smallest absolute Gasteiger partial charge is 0.274 e. The third kappa shape index (κ3) is 4.79. The number of para-hydroxylation sites is 1. The molecule has 2 atom stereocenters. The molecule has 10 heteroatoms. The van der Waals surface area contributed by atoms with Gasteiger partial charge in [-0.05, 0) is 23.8 Å². The Balaban J connectivity index is 1.41. The summed E-state index contributed by atoms with van der Waals surface area (Å²) in [6, 6.07) is 12.8. The molecular weight excluding hydrogens is 463 g/mol. The second kappa shape index (κ2) is 9.80. The van der Waals surface area contributed by atoms with E-state index in [0.717, 1.165) is 22.2 Å². The molecule has 1 amide bonds. The summed E-state index contributed by atoms with van der Waals surface area (Å²) >= 11 is 0. The molecule has 0 aliphatic carbocycles. The summed E-state index contributed by atoms with van der Waals surface area (Å²) in [7, 11) is 1.71. The molecule has 2 aromatic heterocycles. The number of rotatable bonds is 8. The topological polar surface area (TPSA) is 103 Å². The molecule has 4 aromatic rings. The van der Waals surface area contributed by atoms with Gasteiger partial charge in [-0.2, -0.15) is 0 Å². The number of carbonyl (C=O) groups excluding carboxylic acids is 1. The number of amides is 1. The fourth-order valence-electron chi connectivity index (χ4n) is 4.44. The van der Waals surface area contributed by atoms with Gasteiger partial charge < -0.3 is 15.4 Å². The van der Waals surface area contributed by atoms with Crippen LogP contribution in [0.2, 0.25) is 0 Å². The zero-order chi connectivity index (χ0) is 25.2. The molecule has 186 valence electrons. The van der Waals surface area contributed by atoms with Crippen molar-refractivity contribution in [2.45, 2.75) is 26.2 Å². The van der Waals surface area contributed by atoms with Crippen LogP contribution in [-0.2, 0) is 18.4 Å². The number of ether oxygens (including phenoxy) is 1. The Morgan fingerprint density at radius 3 is 2.67 bits per heavy atom. The van der Waals surface area contributed by atoms with Gasteiger partial charge in [0.05, 0.1) is 17.4 Å². The largest absolute Gasteiger partial charge is 0.460 e. The first kappa shape index (κ1) is 23.5. The van der Waals surface area contributed by atoms with Crippen LogP contribution in [-0.4, -0.2) is 44.7 Å². The Morgan fingerprint density at radius 2 is 1.94 bits per heavy atom. The highest BCUT2D eigenvalue weighted by Gasteiger charge is 2.21. The Bertz CT molecular complexity index is 1460. The van der Waals surface area contributed by atoms with Gasteiger partial charge in [0.25, 0.3) is 5.56 Å². The molecule has 0 saturated carbocycles. The molecule has 3 heterocycles. The maximum Gasteiger partial charge on any atom is 0.274 e. The number of anilines is 1. The number of fused-ring (bicyclic) bond motifs is 1. The first-order valence-corrected chi connectivity index (χ1v) is 11.8. The molecule has 2 unspecified atom stereocenters. The molecular formula is C26H27FN6O3. The number of hydrogen-bond acceptors (Lipinski definition) is 6. The molecule has 1 aliphatic rings. The maximum absolute atomic E-state index is 13.5. The minimum Gasteiger partial charge on any atom is -0.460 e. The van der Waals surface area contributed by atoms with Crippen molar-refractivity contribution >= 4 is 22.8 Å². The summed E-state index contributed by atoms with van der Waals surface area (Å²) in [4.78, 5) is 33.1. The van der Waals surface area contributed by atoms with Crippen LogP contribution in [0.15, 0.2) is 59.7 Å². The van der Waals surface area contributed by atoms with Crippen LogP contribution < -0.4 is 20.9 Å². The second-order valence-electron chi connectivity index (χ2n) is 8.94. The molecule has 5 rings (SSSR count). The van der Waals surface area contributed by atoms with Crippen LogP contribution in [0.25, 0.3) is 22.0 Å². The van der Waals surface area contributed by atoms with E-state index in [-0.39, 0.29) is 17.4 Å². The summed E-state index contributed by atoms with van der Waals surface area (Å²) in [6.07, 6.45) is 2.52. The molecule has 2 N–H and O–H groups in total. The first-order chi connectivity index (χ1) is 17.4. The number of alkyl halides is 1. The van der Waals surface area contributed by atoms with Gasteiger partial charge in [-0.3, -0.25) is 19.0 Å². The fraction of sp³-hybridized carbons (Fsp3) is 0.308. The van der Waals surface area contributed by atoms with Crippen molar-refractivity contribution in [3.63, 3.8) is 0 Å². The van der Waals surface area contributed by atoms with Gasteiger partial charge in [0, 0.05) is 62.9 Å².